The number of benzene rings is 2. The molecule has 126 valence electrons. The highest BCUT2D eigenvalue weighted by atomic mass is 19.1. The van der Waals surface area contributed by atoms with E-state index in [4.69, 9.17) is 4.74 Å². The number of amides is 2. The third-order valence-corrected chi connectivity index (χ3v) is 3.23. The SMILES string of the molecule is CCOc1ccc(C(=O)NCCNC(=O)c2ccc(F)cc2)cc1. The molecule has 0 aliphatic carbocycles. The lowest BCUT2D eigenvalue weighted by atomic mass is 10.2. The first-order valence-corrected chi connectivity index (χ1v) is 7.65. The Morgan fingerprint density at radius 1 is 0.875 bits per heavy atom. The molecule has 2 rings (SSSR count). The Bertz CT molecular complexity index is 684. The average Bonchev–Trinajstić information content (AvgIpc) is 2.60. The third kappa shape index (κ3) is 5.08. The van der Waals surface area contributed by atoms with Gasteiger partial charge < -0.3 is 15.4 Å². The maximum absolute atomic E-state index is 12.8. The van der Waals surface area contributed by atoms with Crippen LogP contribution in [-0.4, -0.2) is 31.5 Å². The Morgan fingerprint density at radius 2 is 1.33 bits per heavy atom. The van der Waals surface area contributed by atoms with Crippen molar-refractivity contribution in [3.8, 4) is 5.75 Å². The smallest absolute Gasteiger partial charge is 0.251 e. The number of halogens is 1. The summed E-state index contributed by atoms with van der Waals surface area (Å²) in [5.74, 6) is -0.228. The Kier molecular flexibility index (Phi) is 6.31. The Morgan fingerprint density at radius 3 is 1.79 bits per heavy atom. The fraction of sp³-hybridized carbons (Fsp3) is 0.222. The lowest BCUT2D eigenvalue weighted by molar-refractivity contribution is 0.0927. The first-order valence-electron chi connectivity index (χ1n) is 7.65. The molecular weight excluding hydrogens is 311 g/mol. The van der Waals surface area contributed by atoms with Crippen molar-refractivity contribution in [1.29, 1.82) is 0 Å². The van der Waals surface area contributed by atoms with E-state index < -0.39 is 5.82 Å². The van der Waals surface area contributed by atoms with Crippen LogP contribution in [0, 0.1) is 5.82 Å². The molecule has 2 N–H and O–H groups in total. The lowest BCUT2D eigenvalue weighted by Gasteiger charge is -2.08. The molecular formula is C18H19FN2O3. The summed E-state index contributed by atoms with van der Waals surface area (Å²) in [7, 11) is 0. The molecule has 0 heterocycles. The van der Waals surface area contributed by atoms with Crippen molar-refractivity contribution < 1.29 is 18.7 Å². The zero-order valence-electron chi connectivity index (χ0n) is 13.3. The summed E-state index contributed by atoms with van der Waals surface area (Å²) in [6.45, 7) is 3.03. The number of rotatable bonds is 7. The quantitative estimate of drug-likeness (QED) is 0.766. The van der Waals surface area contributed by atoms with Gasteiger partial charge in [0.15, 0.2) is 0 Å². The molecule has 0 saturated heterocycles. The van der Waals surface area contributed by atoms with Crippen molar-refractivity contribution >= 4 is 11.8 Å². The highest BCUT2D eigenvalue weighted by Crippen LogP contribution is 2.11. The van der Waals surface area contributed by atoms with Gasteiger partial charge in [-0.1, -0.05) is 0 Å². The van der Waals surface area contributed by atoms with E-state index in [0.29, 0.717) is 30.0 Å². The van der Waals surface area contributed by atoms with Gasteiger partial charge in [0.25, 0.3) is 11.8 Å². The van der Waals surface area contributed by atoms with Crippen molar-refractivity contribution in [3.05, 3.63) is 65.5 Å². The van der Waals surface area contributed by atoms with E-state index in [-0.39, 0.29) is 18.4 Å². The van der Waals surface area contributed by atoms with Crippen LogP contribution in [-0.2, 0) is 0 Å². The van der Waals surface area contributed by atoms with E-state index in [2.05, 4.69) is 10.6 Å². The minimum atomic E-state index is -0.394. The summed E-state index contributed by atoms with van der Waals surface area (Å²) >= 11 is 0. The normalized spacial score (nSPS) is 10.1. The molecule has 2 aromatic carbocycles. The van der Waals surface area contributed by atoms with Crippen LogP contribution in [0.15, 0.2) is 48.5 Å². The van der Waals surface area contributed by atoms with E-state index in [1.807, 2.05) is 6.92 Å². The third-order valence-electron chi connectivity index (χ3n) is 3.23. The molecule has 24 heavy (non-hydrogen) atoms. The largest absolute Gasteiger partial charge is 0.494 e. The van der Waals surface area contributed by atoms with Crippen LogP contribution in [0.1, 0.15) is 27.6 Å². The molecule has 2 amide bonds. The molecule has 5 nitrogen and oxygen atoms in total. The maximum atomic E-state index is 12.8. The number of ether oxygens (including phenoxy) is 1. The van der Waals surface area contributed by atoms with Crippen LogP contribution < -0.4 is 15.4 Å². The van der Waals surface area contributed by atoms with Gasteiger partial charge in [0, 0.05) is 24.2 Å². The highest BCUT2D eigenvalue weighted by molar-refractivity contribution is 5.95. The second kappa shape index (κ2) is 8.67. The lowest BCUT2D eigenvalue weighted by Crippen LogP contribution is -2.34. The Balaban J connectivity index is 1.74. The topological polar surface area (TPSA) is 67.4 Å². The monoisotopic (exact) mass is 330 g/mol. The molecule has 0 atom stereocenters. The van der Waals surface area contributed by atoms with Crippen molar-refractivity contribution in [3.63, 3.8) is 0 Å². The second-order valence-electron chi connectivity index (χ2n) is 4.98. The van der Waals surface area contributed by atoms with Gasteiger partial charge >= 0.3 is 0 Å². The number of nitrogens with one attached hydrogen (secondary N) is 2. The van der Waals surface area contributed by atoms with E-state index >= 15 is 0 Å². The fourth-order valence-electron chi connectivity index (χ4n) is 2.03. The van der Waals surface area contributed by atoms with Gasteiger partial charge in [0.05, 0.1) is 6.61 Å². The van der Waals surface area contributed by atoms with E-state index in [0.717, 1.165) is 0 Å². The molecule has 0 spiro atoms. The summed E-state index contributed by atoms with van der Waals surface area (Å²) < 4.78 is 18.1. The van der Waals surface area contributed by atoms with Gasteiger partial charge in [0.1, 0.15) is 11.6 Å². The Labute approximate surface area is 139 Å². The summed E-state index contributed by atoms with van der Waals surface area (Å²) in [6.07, 6.45) is 0. The van der Waals surface area contributed by atoms with Gasteiger partial charge in [-0.3, -0.25) is 9.59 Å². The van der Waals surface area contributed by atoms with Crippen LogP contribution in [0.3, 0.4) is 0 Å². The van der Waals surface area contributed by atoms with E-state index in [9.17, 15) is 14.0 Å². The van der Waals surface area contributed by atoms with Crippen molar-refractivity contribution in [2.75, 3.05) is 19.7 Å². The molecule has 0 saturated carbocycles. The molecule has 0 aromatic heterocycles. The van der Waals surface area contributed by atoms with E-state index in [1.54, 1.807) is 24.3 Å². The summed E-state index contributed by atoms with van der Waals surface area (Å²) in [4.78, 5) is 23.8. The number of carbonyl (C=O) groups is 2. The highest BCUT2D eigenvalue weighted by Gasteiger charge is 2.07. The van der Waals surface area contributed by atoms with Crippen LogP contribution in [0.25, 0.3) is 0 Å². The summed E-state index contributed by atoms with van der Waals surface area (Å²) in [5.41, 5.74) is 0.887. The Hall–Kier alpha value is -2.89. The van der Waals surface area contributed by atoms with Crippen LogP contribution in [0.5, 0.6) is 5.75 Å². The zero-order chi connectivity index (χ0) is 17.4. The van der Waals surface area contributed by atoms with Gasteiger partial charge in [-0.2, -0.15) is 0 Å². The van der Waals surface area contributed by atoms with Gasteiger partial charge in [-0.25, -0.2) is 4.39 Å². The molecule has 2 aromatic rings. The standard InChI is InChI=1S/C18H19FN2O3/c1-2-24-16-9-5-14(6-10-16)18(23)21-12-11-20-17(22)13-3-7-15(19)8-4-13/h3-10H,2,11-12H2,1H3,(H,20,22)(H,21,23). The molecule has 0 bridgehead atoms. The van der Waals surface area contributed by atoms with Crippen molar-refractivity contribution in [2.24, 2.45) is 0 Å². The first-order chi connectivity index (χ1) is 11.6. The van der Waals surface area contributed by atoms with Crippen molar-refractivity contribution in [1.82, 2.24) is 10.6 Å². The first kappa shape index (κ1) is 17.5. The summed E-state index contributed by atoms with van der Waals surface area (Å²) in [5, 5.41) is 5.37. The predicted molar refractivity (Wildman–Crippen MR) is 88.7 cm³/mol. The minimum Gasteiger partial charge on any atom is -0.494 e. The molecule has 0 aliphatic heterocycles. The van der Waals surface area contributed by atoms with Crippen LogP contribution >= 0.6 is 0 Å². The second-order valence-corrected chi connectivity index (χ2v) is 4.98. The number of hydrogen-bond donors (Lipinski definition) is 2. The molecule has 0 aliphatic rings. The van der Waals surface area contributed by atoms with Gasteiger partial charge in [-0.05, 0) is 55.5 Å². The molecule has 6 heteroatoms. The number of carbonyl (C=O) groups excluding carboxylic acids is 2. The molecule has 0 radical (unpaired) electrons. The zero-order valence-corrected chi connectivity index (χ0v) is 13.3. The van der Waals surface area contributed by atoms with Crippen molar-refractivity contribution in [2.45, 2.75) is 6.92 Å². The van der Waals surface area contributed by atoms with Crippen LogP contribution in [0.2, 0.25) is 0 Å². The minimum absolute atomic E-state index is 0.228. The van der Waals surface area contributed by atoms with E-state index in [1.165, 1.54) is 24.3 Å². The van der Waals surface area contributed by atoms with Gasteiger partial charge in [-0.15, -0.1) is 0 Å². The summed E-state index contributed by atoms with van der Waals surface area (Å²) in [6, 6.07) is 12.1. The molecule has 0 unspecified atom stereocenters. The van der Waals surface area contributed by atoms with Crippen LogP contribution in [0.4, 0.5) is 4.39 Å². The maximum Gasteiger partial charge on any atom is 0.251 e. The number of hydrogen-bond acceptors (Lipinski definition) is 3. The molecule has 0 fully saturated rings. The fourth-order valence-corrected chi connectivity index (χ4v) is 2.03. The van der Waals surface area contributed by atoms with Gasteiger partial charge in [0.2, 0.25) is 0 Å². The average molecular weight is 330 g/mol. The predicted octanol–water partition coefficient (Wildman–Crippen LogP) is 2.38.